The van der Waals surface area contributed by atoms with Gasteiger partial charge in [-0.15, -0.1) is 0 Å². The number of benzene rings is 2. The molecule has 28 heavy (non-hydrogen) atoms. The van der Waals surface area contributed by atoms with Crippen LogP contribution in [-0.2, 0) is 12.8 Å². The molecule has 2 aromatic carbocycles. The lowest BCUT2D eigenvalue weighted by molar-refractivity contribution is 0.399. The van der Waals surface area contributed by atoms with Gasteiger partial charge in [0.2, 0.25) is 0 Å². The summed E-state index contributed by atoms with van der Waals surface area (Å²) in [6.07, 6.45) is 4.53. The lowest BCUT2D eigenvalue weighted by Crippen LogP contribution is -2.04. The summed E-state index contributed by atoms with van der Waals surface area (Å²) in [4.78, 5) is 0. The number of aryl methyl sites for hydroxylation is 2. The van der Waals surface area contributed by atoms with E-state index < -0.39 is 0 Å². The molecular formula is C26H44O2. The van der Waals surface area contributed by atoms with Gasteiger partial charge in [-0.2, -0.15) is 0 Å². The van der Waals surface area contributed by atoms with Crippen molar-refractivity contribution in [3.8, 4) is 0 Å². The summed E-state index contributed by atoms with van der Waals surface area (Å²) in [5.41, 5.74) is 8.60. The summed E-state index contributed by atoms with van der Waals surface area (Å²) in [6.45, 7) is 16.3. The van der Waals surface area contributed by atoms with E-state index in [9.17, 15) is 0 Å². The summed E-state index contributed by atoms with van der Waals surface area (Å²) in [7, 11) is 2.00. The summed E-state index contributed by atoms with van der Waals surface area (Å²) >= 11 is 0. The monoisotopic (exact) mass is 388 g/mol. The van der Waals surface area contributed by atoms with E-state index in [1.807, 2.05) is 41.5 Å². The quantitative estimate of drug-likeness (QED) is 0.565. The molecule has 0 aromatic heterocycles. The van der Waals surface area contributed by atoms with Crippen molar-refractivity contribution in [2.75, 3.05) is 14.2 Å². The minimum Gasteiger partial charge on any atom is -0.400 e. The van der Waals surface area contributed by atoms with Crippen LogP contribution in [0.25, 0.3) is 5.57 Å². The van der Waals surface area contributed by atoms with E-state index in [1.165, 1.54) is 33.4 Å². The van der Waals surface area contributed by atoms with Gasteiger partial charge in [-0.3, -0.25) is 0 Å². The fraction of sp³-hybridized carbons (Fsp3) is 0.462. The Morgan fingerprint density at radius 2 is 1.18 bits per heavy atom. The Labute approximate surface area is 175 Å². The van der Waals surface area contributed by atoms with Crippen LogP contribution in [0.15, 0.2) is 48.5 Å². The van der Waals surface area contributed by atoms with Crippen LogP contribution in [0.3, 0.4) is 0 Å². The van der Waals surface area contributed by atoms with Crippen LogP contribution in [0.1, 0.15) is 69.4 Å². The van der Waals surface area contributed by atoms with Crippen LogP contribution in [0, 0.1) is 13.8 Å². The first-order chi connectivity index (χ1) is 13.7. The van der Waals surface area contributed by atoms with Crippen molar-refractivity contribution < 1.29 is 10.2 Å². The van der Waals surface area contributed by atoms with E-state index in [4.69, 9.17) is 10.2 Å². The van der Waals surface area contributed by atoms with Crippen molar-refractivity contribution in [1.29, 1.82) is 0 Å². The van der Waals surface area contributed by atoms with Gasteiger partial charge in [0, 0.05) is 14.2 Å². The molecule has 1 aliphatic rings. The van der Waals surface area contributed by atoms with Gasteiger partial charge in [0.05, 0.1) is 0 Å². The van der Waals surface area contributed by atoms with Crippen LogP contribution in [-0.4, -0.2) is 24.4 Å². The Morgan fingerprint density at radius 1 is 0.679 bits per heavy atom. The van der Waals surface area contributed by atoms with Crippen molar-refractivity contribution in [2.24, 2.45) is 0 Å². The van der Waals surface area contributed by atoms with Gasteiger partial charge < -0.3 is 10.2 Å². The van der Waals surface area contributed by atoms with E-state index in [2.05, 4.69) is 62.4 Å². The molecule has 3 rings (SSSR count). The molecule has 0 bridgehead atoms. The summed E-state index contributed by atoms with van der Waals surface area (Å²) in [5, 5.41) is 14.0. The molecule has 0 amide bonds. The molecule has 0 spiro atoms. The number of hydrogen-bond acceptors (Lipinski definition) is 2. The molecule has 0 aliphatic heterocycles. The highest BCUT2D eigenvalue weighted by Crippen LogP contribution is 2.29. The molecule has 0 fully saturated rings. The third-order valence-corrected chi connectivity index (χ3v) is 3.86. The molecule has 0 heterocycles. The molecule has 0 atom stereocenters. The standard InChI is InChI=1S/C18H18.3C2H6.2CH4O/c1-13-6-8-15(9-7-13)16-10-11-18-14(2)4-3-5-17(18)12-16;5*1-2/h3-10H,11-12H2,1-2H3;3*1-2H3;2*2H,1H3. The number of aliphatic hydroxyl groups excluding tert-OH is 2. The third kappa shape index (κ3) is 10.4. The zero-order valence-corrected chi connectivity index (χ0v) is 19.9. The summed E-state index contributed by atoms with van der Waals surface area (Å²) < 4.78 is 0. The van der Waals surface area contributed by atoms with E-state index >= 15 is 0 Å². The average Bonchev–Trinajstić information content (AvgIpc) is 2.81. The number of fused-ring (bicyclic) bond motifs is 1. The second kappa shape index (κ2) is 21.4. The minimum absolute atomic E-state index is 1.00. The van der Waals surface area contributed by atoms with E-state index in [1.54, 1.807) is 0 Å². The maximum atomic E-state index is 7.00. The third-order valence-electron chi connectivity index (χ3n) is 3.86. The van der Waals surface area contributed by atoms with Crippen molar-refractivity contribution in [3.05, 3.63) is 76.4 Å². The normalized spacial score (nSPS) is 10.1. The largest absolute Gasteiger partial charge is 0.400 e. The molecular weight excluding hydrogens is 344 g/mol. The lowest BCUT2D eigenvalue weighted by atomic mass is 9.86. The second-order valence-electron chi connectivity index (χ2n) is 5.19. The van der Waals surface area contributed by atoms with Gasteiger partial charge in [0.25, 0.3) is 0 Å². The number of hydrogen-bond donors (Lipinski definition) is 2. The fourth-order valence-corrected chi connectivity index (χ4v) is 2.71. The molecule has 2 N–H and O–H groups in total. The van der Waals surface area contributed by atoms with Crippen LogP contribution in [0.5, 0.6) is 0 Å². The molecule has 2 nitrogen and oxygen atoms in total. The van der Waals surface area contributed by atoms with Crippen molar-refractivity contribution in [3.63, 3.8) is 0 Å². The van der Waals surface area contributed by atoms with Gasteiger partial charge in [-0.25, -0.2) is 0 Å². The SMILES string of the molecule is CC.CC.CC.CO.CO.Cc1ccc(C2=CCc3c(C)cccc3C2)cc1. The van der Waals surface area contributed by atoms with Crippen molar-refractivity contribution >= 4 is 5.57 Å². The molecule has 0 radical (unpaired) electrons. The van der Waals surface area contributed by atoms with E-state index in [0.29, 0.717) is 0 Å². The first-order valence-electron chi connectivity index (χ1n) is 10.5. The number of rotatable bonds is 1. The van der Waals surface area contributed by atoms with Crippen molar-refractivity contribution in [2.45, 2.75) is 68.2 Å². The Kier molecular flexibility index (Phi) is 23.6. The summed E-state index contributed by atoms with van der Waals surface area (Å²) in [6, 6.07) is 15.5. The van der Waals surface area contributed by atoms with Gasteiger partial charge >= 0.3 is 0 Å². The van der Waals surface area contributed by atoms with Gasteiger partial charge in [0.1, 0.15) is 0 Å². The second-order valence-corrected chi connectivity index (χ2v) is 5.19. The highest BCUT2D eigenvalue weighted by atomic mass is 16.2. The summed E-state index contributed by atoms with van der Waals surface area (Å²) in [5.74, 6) is 0. The Balaban J connectivity index is -0.000000548. The van der Waals surface area contributed by atoms with Gasteiger partial charge in [-0.1, -0.05) is 95.6 Å². The lowest BCUT2D eigenvalue weighted by Gasteiger charge is -2.19. The van der Waals surface area contributed by atoms with Crippen LogP contribution < -0.4 is 0 Å². The first kappa shape index (κ1) is 30.8. The Bertz CT molecular complexity index is 611. The van der Waals surface area contributed by atoms with Gasteiger partial charge in [0.15, 0.2) is 0 Å². The molecule has 2 aromatic rings. The molecule has 0 saturated heterocycles. The Hall–Kier alpha value is -1.90. The van der Waals surface area contributed by atoms with E-state index in [0.717, 1.165) is 27.1 Å². The smallest absolute Gasteiger partial charge is 0.0319 e. The first-order valence-corrected chi connectivity index (χ1v) is 10.5. The molecule has 0 unspecified atom stereocenters. The predicted octanol–water partition coefficient (Wildman–Crippen LogP) is 6.78. The fourth-order valence-electron chi connectivity index (χ4n) is 2.71. The van der Waals surface area contributed by atoms with Crippen molar-refractivity contribution in [1.82, 2.24) is 0 Å². The average molecular weight is 389 g/mol. The zero-order valence-electron chi connectivity index (χ0n) is 19.9. The molecule has 1 aliphatic carbocycles. The topological polar surface area (TPSA) is 40.5 Å². The maximum absolute atomic E-state index is 7.00. The molecule has 0 saturated carbocycles. The zero-order chi connectivity index (χ0) is 22.5. The number of aliphatic hydroxyl groups is 2. The van der Waals surface area contributed by atoms with Crippen LogP contribution >= 0.6 is 0 Å². The highest BCUT2D eigenvalue weighted by molar-refractivity contribution is 5.71. The maximum Gasteiger partial charge on any atom is 0.0319 e. The van der Waals surface area contributed by atoms with E-state index in [-0.39, 0.29) is 0 Å². The van der Waals surface area contributed by atoms with Crippen LogP contribution in [0.2, 0.25) is 0 Å². The predicted molar refractivity (Wildman–Crippen MR) is 128 cm³/mol. The highest BCUT2D eigenvalue weighted by Gasteiger charge is 2.13. The molecule has 160 valence electrons. The van der Waals surface area contributed by atoms with Gasteiger partial charge in [-0.05, 0) is 54.5 Å². The Morgan fingerprint density at radius 3 is 1.68 bits per heavy atom. The minimum atomic E-state index is 1.00. The number of allylic oxidation sites excluding steroid dienone is 2. The van der Waals surface area contributed by atoms with Crippen LogP contribution in [0.4, 0.5) is 0 Å². The molecule has 2 heteroatoms.